The van der Waals surface area contributed by atoms with E-state index in [1.807, 2.05) is 43.9 Å². The minimum atomic E-state index is -0.180. The van der Waals surface area contributed by atoms with Crippen molar-refractivity contribution < 1.29 is 19.0 Å². The summed E-state index contributed by atoms with van der Waals surface area (Å²) in [5.74, 6) is 1.63. The summed E-state index contributed by atoms with van der Waals surface area (Å²) in [5.41, 5.74) is 1.55. The number of hydrogen-bond donors (Lipinski definition) is 0. The molecule has 2 aliphatic heterocycles. The summed E-state index contributed by atoms with van der Waals surface area (Å²) in [4.78, 5) is 17.7. The third kappa shape index (κ3) is 6.46. The molecule has 2 heterocycles. The first kappa shape index (κ1) is 25.0. The van der Waals surface area contributed by atoms with Crippen LogP contribution in [-0.2, 0) is 9.47 Å². The molecule has 1 spiro atoms. The molecule has 6 nitrogen and oxygen atoms in total. The number of carbonyl (C=O) groups is 1. The zero-order valence-corrected chi connectivity index (χ0v) is 20.9. The van der Waals surface area contributed by atoms with Crippen LogP contribution in [-0.4, -0.2) is 80.0 Å². The van der Waals surface area contributed by atoms with Gasteiger partial charge in [0.2, 0.25) is 0 Å². The summed E-state index contributed by atoms with van der Waals surface area (Å²) in [6.07, 6.45) is 3.14. The maximum atomic E-state index is 13.2. The molecule has 1 unspecified atom stereocenters. The molecule has 0 saturated carbocycles. The van der Waals surface area contributed by atoms with Crippen molar-refractivity contribution >= 4 is 5.91 Å². The number of rotatable bonds is 8. The number of hydrogen-bond acceptors (Lipinski definition) is 5. The summed E-state index contributed by atoms with van der Waals surface area (Å²) in [5, 5.41) is 0. The minimum absolute atomic E-state index is 0.0966. The van der Waals surface area contributed by atoms with Crippen molar-refractivity contribution in [1.82, 2.24) is 9.80 Å². The number of amides is 1. The fourth-order valence-corrected chi connectivity index (χ4v) is 4.82. The molecule has 0 aliphatic carbocycles. The Bertz CT molecular complexity index is 756. The van der Waals surface area contributed by atoms with Crippen LogP contribution in [0, 0.1) is 12.8 Å². The Balaban J connectivity index is 1.63. The highest BCUT2D eigenvalue weighted by Gasteiger charge is 2.43. The number of aryl methyl sites for hydroxylation is 1. The number of piperidine rings is 1. The van der Waals surface area contributed by atoms with Gasteiger partial charge in [-0.25, -0.2) is 0 Å². The average Bonchev–Trinajstić information content (AvgIpc) is 2.73. The summed E-state index contributed by atoms with van der Waals surface area (Å²) in [7, 11) is 1.74. The lowest BCUT2D eigenvalue weighted by Crippen LogP contribution is -2.61. The predicted octanol–water partition coefficient (Wildman–Crippen LogP) is 4.15. The Morgan fingerprint density at radius 3 is 2.53 bits per heavy atom. The molecule has 2 fully saturated rings. The lowest BCUT2D eigenvalue weighted by Gasteiger charge is -2.50. The van der Waals surface area contributed by atoms with Gasteiger partial charge in [-0.05, 0) is 76.3 Å². The lowest BCUT2D eigenvalue weighted by atomic mass is 9.88. The maximum Gasteiger partial charge on any atom is 0.253 e. The highest BCUT2D eigenvalue weighted by atomic mass is 16.5. The summed E-state index contributed by atoms with van der Waals surface area (Å²) < 4.78 is 17.8. The summed E-state index contributed by atoms with van der Waals surface area (Å²) in [6, 6.07) is 5.75. The number of methoxy groups -OCH3 is 1. The van der Waals surface area contributed by atoms with Crippen molar-refractivity contribution in [2.24, 2.45) is 5.92 Å². The molecule has 1 atom stereocenters. The van der Waals surface area contributed by atoms with E-state index in [1.165, 1.54) is 6.42 Å². The first-order valence-corrected chi connectivity index (χ1v) is 12.2. The van der Waals surface area contributed by atoms with E-state index in [-0.39, 0.29) is 23.7 Å². The largest absolute Gasteiger partial charge is 0.491 e. The molecule has 1 aromatic rings. The maximum absolute atomic E-state index is 13.2. The fourth-order valence-electron chi connectivity index (χ4n) is 4.82. The molecule has 6 heteroatoms. The number of morpholine rings is 1. The predicted molar refractivity (Wildman–Crippen MR) is 127 cm³/mol. The molecule has 3 rings (SSSR count). The van der Waals surface area contributed by atoms with Gasteiger partial charge in [0.1, 0.15) is 5.75 Å². The zero-order valence-electron chi connectivity index (χ0n) is 20.9. The number of ether oxygens (including phenoxy) is 3. The number of likely N-dealkylation sites (tertiary alicyclic amines) is 1. The Labute approximate surface area is 194 Å². The number of nitrogens with zero attached hydrogens (tertiary/aromatic N) is 2. The summed E-state index contributed by atoms with van der Waals surface area (Å²) >= 11 is 0. The molecule has 0 N–H and O–H groups in total. The molecular formula is C26H42N2O4. The highest BCUT2D eigenvalue weighted by Crippen LogP contribution is 2.33. The van der Waals surface area contributed by atoms with Gasteiger partial charge < -0.3 is 19.1 Å². The van der Waals surface area contributed by atoms with Crippen LogP contribution in [0.4, 0.5) is 0 Å². The fraction of sp³-hybridized carbons (Fsp3) is 0.731. The first-order chi connectivity index (χ1) is 15.2. The Kier molecular flexibility index (Phi) is 8.59. The molecule has 2 aliphatic rings. The Morgan fingerprint density at radius 1 is 1.22 bits per heavy atom. The van der Waals surface area contributed by atoms with Gasteiger partial charge in [0.15, 0.2) is 0 Å². The minimum Gasteiger partial charge on any atom is -0.491 e. The molecule has 1 aromatic carbocycles. The molecule has 0 aromatic heterocycles. The third-order valence-corrected chi connectivity index (χ3v) is 6.51. The molecule has 1 amide bonds. The molecule has 180 valence electrons. The van der Waals surface area contributed by atoms with E-state index in [1.54, 1.807) is 7.11 Å². The molecule has 32 heavy (non-hydrogen) atoms. The third-order valence-electron chi connectivity index (χ3n) is 6.51. The van der Waals surface area contributed by atoms with Crippen LogP contribution in [0.5, 0.6) is 5.75 Å². The monoisotopic (exact) mass is 446 g/mol. The van der Waals surface area contributed by atoms with E-state index >= 15 is 0 Å². The lowest BCUT2D eigenvalue weighted by molar-refractivity contribution is -0.185. The van der Waals surface area contributed by atoms with Gasteiger partial charge in [-0.1, -0.05) is 13.8 Å². The molecule has 2 saturated heterocycles. The van der Waals surface area contributed by atoms with E-state index in [2.05, 4.69) is 18.7 Å². The van der Waals surface area contributed by atoms with Crippen molar-refractivity contribution in [3.63, 3.8) is 0 Å². The second-order valence-corrected chi connectivity index (χ2v) is 10.2. The van der Waals surface area contributed by atoms with Crippen LogP contribution < -0.4 is 4.74 Å². The zero-order chi connectivity index (χ0) is 23.3. The van der Waals surface area contributed by atoms with Crippen LogP contribution in [0.3, 0.4) is 0 Å². The van der Waals surface area contributed by atoms with Gasteiger partial charge in [0.05, 0.1) is 24.4 Å². The highest BCUT2D eigenvalue weighted by molar-refractivity contribution is 5.94. The standard InChI is InChI=1S/C26H42N2O4/c1-19(2)9-12-27-16-23(17-30-6)32-26(18-27)10-13-28(14-11-26)25(29)22-7-8-24(21(5)15-22)31-20(3)4/h7-8,15,19-20,23H,9-14,16-18H2,1-6H3. The van der Waals surface area contributed by atoms with Crippen LogP contribution >= 0.6 is 0 Å². The Morgan fingerprint density at radius 2 is 1.94 bits per heavy atom. The van der Waals surface area contributed by atoms with E-state index in [9.17, 15) is 4.79 Å². The Hall–Kier alpha value is -1.63. The van der Waals surface area contributed by atoms with Crippen molar-refractivity contribution in [2.45, 2.75) is 71.7 Å². The average molecular weight is 447 g/mol. The second kappa shape index (κ2) is 11.0. The van der Waals surface area contributed by atoms with Gasteiger partial charge in [-0.15, -0.1) is 0 Å². The van der Waals surface area contributed by atoms with Gasteiger partial charge in [0, 0.05) is 38.9 Å². The first-order valence-electron chi connectivity index (χ1n) is 12.2. The van der Waals surface area contributed by atoms with E-state index < -0.39 is 0 Å². The van der Waals surface area contributed by atoms with Crippen LogP contribution in [0.15, 0.2) is 18.2 Å². The topological polar surface area (TPSA) is 51.2 Å². The summed E-state index contributed by atoms with van der Waals surface area (Å²) in [6.45, 7) is 15.6. The van der Waals surface area contributed by atoms with Gasteiger partial charge >= 0.3 is 0 Å². The van der Waals surface area contributed by atoms with E-state index in [0.717, 1.165) is 62.4 Å². The van der Waals surface area contributed by atoms with Crippen LogP contribution in [0.25, 0.3) is 0 Å². The van der Waals surface area contributed by atoms with E-state index in [0.29, 0.717) is 12.5 Å². The molecule has 0 radical (unpaired) electrons. The molecule has 0 bridgehead atoms. The normalized spacial score (nSPS) is 21.5. The van der Waals surface area contributed by atoms with Crippen LogP contribution in [0.1, 0.15) is 62.9 Å². The number of carbonyl (C=O) groups excluding carboxylic acids is 1. The quantitative estimate of drug-likeness (QED) is 0.600. The smallest absolute Gasteiger partial charge is 0.253 e. The van der Waals surface area contributed by atoms with Crippen molar-refractivity contribution in [2.75, 3.05) is 46.4 Å². The van der Waals surface area contributed by atoms with Gasteiger partial charge in [-0.2, -0.15) is 0 Å². The molecular weight excluding hydrogens is 404 g/mol. The van der Waals surface area contributed by atoms with Gasteiger partial charge in [-0.3, -0.25) is 9.69 Å². The van der Waals surface area contributed by atoms with Gasteiger partial charge in [0.25, 0.3) is 5.91 Å². The van der Waals surface area contributed by atoms with Crippen molar-refractivity contribution in [3.05, 3.63) is 29.3 Å². The van der Waals surface area contributed by atoms with Crippen molar-refractivity contribution in [3.8, 4) is 5.75 Å². The SMILES string of the molecule is COCC1CN(CCC(C)C)CC2(CCN(C(=O)c3ccc(OC(C)C)c(C)c3)CC2)O1. The number of benzene rings is 1. The van der Waals surface area contributed by atoms with E-state index in [4.69, 9.17) is 14.2 Å². The second-order valence-electron chi connectivity index (χ2n) is 10.2. The van der Waals surface area contributed by atoms with Crippen LogP contribution in [0.2, 0.25) is 0 Å². The van der Waals surface area contributed by atoms with Crippen molar-refractivity contribution in [1.29, 1.82) is 0 Å².